The molecule has 1 aliphatic heterocycles. The first-order valence-electron chi connectivity index (χ1n) is 11.8. The first-order chi connectivity index (χ1) is 17.6. The lowest BCUT2D eigenvalue weighted by atomic mass is 10.1. The fourth-order valence-electron chi connectivity index (χ4n) is 4.25. The second-order valence-electron chi connectivity index (χ2n) is 8.99. The summed E-state index contributed by atoms with van der Waals surface area (Å²) in [6.07, 6.45) is 0. The largest absolute Gasteiger partial charge is 0.497 e. The number of methoxy groups -OCH3 is 1. The maximum atomic E-state index is 13.3. The third kappa shape index (κ3) is 5.84. The minimum Gasteiger partial charge on any atom is -0.497 e. The highest BCUT2D eigenvalue weighted by Crippen LogP contribution is 2.29. The molecule has 1 aliphatic rings. The average molecular weight is 542 g/mol. The molecule has 0 atom stereocenters. The van der Waals surface area contributed by atoms with Crippen LogP contribution < -0.4 is 10.1 Å². The highest BCUT2D eigenvalue weighted by atomic mass is 32.2. The van der Waals surface area contributed by atoms with E-state index in [0.717, 1.165) is 30.1 Å². The van der Waals surface area contributed by atoms with Gasteiger partial charge in [-0.3, -0.25) is 9.79 Å². The molecule has 11 heteroatoms. The van der Waals surface area contributed by atoms with E-state index in [0.29, 0.717) is 34.1 Å². The van der Waals surface area contributed by atoms with Crippen LogP contribution in [-0.4, -0.2) is 68.6 Å². The molecular formula is C26H31N5O4S2. The van der Waals surface area contributed by atoms with E-state index >= 15 is 0 Å². The van der Waals surface area contributed by atoms with Crippen LogP contribution in [0.5, 0.6) is 5.75 Å². The molecule has 1 amide bonds. The SMILES string of the molecule is COc1cc(C)c(S(=O)(=O)N(C)Cc2nc(C(=O)N(C)Cc3ccc(C4=NCCN4)cc3)cs2)c(C)c1. The molecular weight excluding hydrogens is 510 g/mol. The molecule has 0 fully saturated rings. The summed E-state index contributed by atoms with van der Waals surface area (Å²) in [6, 6.07) is 11.4. The summed E-state index contributed by atoms with van der Waals surface area (Å²) in [7, 11) is 1.03. The molecule has 0 aliphatic carbocycles. The summed E-state index contributed by atoms with van der Waals surface area (Å²) in [4.78, 5) is 23.7. The molecule has 1 aromatic heterocycles. The Morgan fingerprint density at radius 1 is 1.11 bits per heavy atom. The van der Waals surface area contributed by atoms with E-state index < -0.39 is 10.0 Å². The van der Waals surface area contributed by atoms with E-state index in [1.54, 1.807) is 50.4 Å². The van der Waals surface area contributed by atoms with Gasteiger partial charge in [-0.05, 0) is 42.7 Å². The maximum absolute atomic E-state index is 13.3. The van der Waals surface area contributed by atoms with E-state index in [-0.39, 0.29) is 17.3 Å². The van der Waals surface area contributed by atoms with Gasteiger partial charge in [0, 0.05) is 38.1 Å². The molecule has 0 saturated heterocycles. The average Bonchev–Trinajstić information content (AvgIpc) is 3.56. The lowest BCUT2D eigenvalue weighted by molar-refractivity contribution is 0.0780. The van der Waals surface area contributed by atoms with Gasteiger partial charge in [0.05, 0.1) is 25.1 Å². The zero-order valence-electron chi connectivity index (χ0n) is 21.6. The Balaban J connectivity index is 1.41. The van der Waals surface area contributed by atoms with Crippen molar-refractivity contribution in [1.82, 2.24) is 19.5 Å². The number of hydrogen-bond donors (Lipinski definition) is 1. The smallest absolute Gasteiger partial charge is 0.273 e. The summed E-state index contributed by atoms with van der Waals surface area (Å²) in [5.74, 6) is 1.29. The molecule has 9 nitrogen and oxygen atoms in total. The molecule has 4 rings (SSSR count). The van der Waals surface area contributed by atoms with Crippen molar-refractivity contribution >= 4 is 33.1 Å². The summed E-state index contributed by atoms with van der Waals surface area (Å²) in [5.41, 5.74) is 3.54. The molecule has 37 heavy (non-hydrogen) atoms. The van der Waals surface area contributed by atoms with Crippen LogP contribution in [0.1, 0.15) is 37.7 Å². The Kier molecular flexibility index (Phi) is 7.96. The molecule has 196 valence electrons. The quantitative estimate of drug-likeness (QED) is 0.446. The van der Waals surface area contributed by atoms with Crippen LogP contribution in [0.25, 0.3) is 0 Å². The van der Waals surface area contributed by atoms with Gasteiger partial charge in [-0.15, -0.1) is 11.3 Å². The number of carbonyl (C=O) groups excluding carboxylic acids is 1. The lowest BCUT2D eigenvalue weighted by Gasteiger charge is -2.20. The van der Waals surface area contributed by atoms with E-state index in [1.807, 2.05) is 24.3 Å². The topological polar surface area (TPSA) is 104 Å². The second kappa shape index (κ2) is 11.0. The predicted molar refractivity (Wildman–Crippen MR) is 145 cm³/mol. The number of amides is 1. The number of nitrogens with one attached hydrogen (secondary N) is 1. The van der Waals surface area contributed by atoms with Gasteiger partial charge in [-0.2, -0.15) is 4.31 Å². The molecule has 2 aromatic carbocycles. The second-order valence-corrected chi connectivity index (χ2v) is 11.9. The van der Waals surface area contributed by atoms with E-state index in [9.17, 15) is 13.2 Å². The van der Waals surface area contributed by atoms with Crippen molar-refractivity contribution in [3.63, 3.8) is 0 Å². The Labute approximate surface area is 221 Å². The summed E-state index contributed by atoms with van der Waals surface area (Å²) in [5, 5.41) is 5.46. The number of carbonyl (C=O) groups is 1. The number of thiazole rings is 1. The van der Waals surface area contributed by atoms with Crippen molar-refractivity contribution in [3.05, 3.63) is 74.7 Å². The Bertz CT molecular complexity index is 1410. The van der Waals surface area contributed by atoms with Crippen LogP contribution in [0, 0.1) is 13.8 Å². The van der Waals surface area contributed by atoms with Crippen molar-refractivity contribution in [2.45, 2.75) is 31.8 Å². The number of benzene rings is 2. The van der Waals surface area contributed by atoms with Gasteiger partial charge in [0.15, 0.2) is 0 Å². The van der Waals surface area contributed by atoms with Gasteiger partial charge in [-0.1, -0.05) is 24.3 Å². The normalized spacial score (nSPS) is 13.4. The van der Waals surface area contributed by atoms with Gasteiger partial charge in [-0.25, -0.2) is 13.4 Å². The van der Waals surface area contributed by atoms with Crippen LogP contribution in [0.4, 0.5) is 0 Å². The van der Waals surface area contributed by atoms with Gasteiger partial charge in [0.1, 0.15) is 22.3 Å². The minimum atomic E-state index is -3.77. The van der Waals surface area contributed by atoms with Crippen LogP contribution >= 0.6 is 11.3 Å². The van der Waals surface area contributed by atoms with Gasteiger partial charge in [0.2, 0.25) is 10.0 Å². The standard InChI is InChI=1S/C26H31N5O4S2/c1-17-12-21(35-5)13-18(2)24(17)37(33,34)31(4)15-23-29-22(16-36-23)26(32)30(3)14-19-6-8-20(9-7-19)25-27-10-11-28-25/h6-9,12-13,16H,10-11,14-15H2,1-5H3,(H,27,28). The Morgan fingerprint density at radius 2 is 1.78 bits per heavy atom. The maximum Gasteiger partial charge on any atom is 0.273 e. The number of rotatable bonds is 9. The number of sulfonamides is 1. The number of nitrogens with zero attached hydrogens (tertiary/aromatic N) is 4. The van der Waals surface area contributed by atoms with Crippen LogP contribution in [0.3, 0.4) is 0 Å². The monoisotopic (exact) mass is 541 g/mol. The molecule has 3 aromatic rings. The van der Waals surface area contributed by atoms with Crippen molar-refractivity contribution in [2.24, 2.45) is 4.99 Å². The fourth-order valence-corrected chi connectivity index (χ4v) is 6.69. The van der Waals surface area contributed by atoms with Crippen LogP contribution in [0.2, 0.25) is 0 Å². The molecule has 0 bridgehead atoms. The number of hydrogen-bond acceptors (Lipinski definition) is 8. The zero-order valence-corrected chi connectivity index (χ0v) is 23.2. The summed E-state index contributed by atoms with van der Waals surface area (Å²) in [6.45, 7) is 5.63. The summed E-state index contributed by atoms with van der Waals surface area (Å²) >= 11 is 1.27. The predicted octanol–water partition coefficient (Wildman–Crippen LogP) is 3.21. The van der Waals surface area contributed by atoms with E-state index in [4.69, 9.17) is 4.74 Å². The molecule has 2 heterocycles. The van der Waals surface area contributed by atoms with Crippen molar-refractivity contribution in [2.75, 3.05) is 34.3 Å². The Hall–Kier alpha value is -3.28. The van der Waals surface area contributed by atoms with Gasteiger partial charge < -0.3 is 15.0 Å². The molecule has 0 radical (unpaired) electrons. The molecule has 0 saturated carbocycles. The van der Waals surface area contributed by atoms with Crippen LogP contribution in [0.15, 0.2) is 51.7 Å². The first kappa shape index (κ1) is 26.8. The first-order valence-corrected chi connectivity index (χ1v) is 14.1. The number of aromatic nitrogens is 1. The van der Waals surface area contributed by atoms with Crippen LogP contribution in [-0.2, 0) is 23.1 Å². The van der Waals surface area contributed by atoms with Crippen molar-refractivity contribution < 1.29 is 17.9 Å². The Morgan fingerprint density at radius 3 is 2.38 bits per heavy atom. The number of aryl methyl sites for hydroxylation is 2. The van der Waals surface area contributed by atoms with Gasteiger partial charge in [0.25, 0.3) is 5.91 Å². The minimum absolute atomic E-state index is 0.0638. The zero-order chi connectivity index (χ0) is 26.7. The lowest BCUT2D eigenvalue weighted by Crippen LogP contribution is -2.28. The number of ether oxygens (including phenoxy) is 1. The van der Waals surface area contributed by atoms with E-state index in [1.165, 1.54) is 22.7 Å². The third-order valence-electron chi connectivity index (χ3n) is 6.13. The van der Waals surface area contributed by atoms with Crippen molar-refractivity contribution in [1.29, 1.82) is 0 Å². The van der Waals surface area contributed by atoms with Gasteiger partial charge >= 0.3 is 0 Å². The van der Waals surface area contributed by atoms with Crippen molar-refractivity contribution in [3.8, 4) is 5.75 Å². The highest BCUT2D eigenvalue weighted by Gasteiger charge is 2.27. The number of amidine groups is 1. The van der Waals surface area contributed by atoms with E-state index in [2.05, 4.69) is 15.3 Å². The highest BCUT2D eigenvalue weighted by molar-refractivity contribution is 7.89. The molecule has 0 unspecified atom stereocenters. The number of aliphatic imine (C=N–C) groups is 1. The fraction of sp³-hybridized carbons (Fsp3) is 0.346. The third-order valence-corrected chi connectivity index (χ3v) is 9.08. The molecule has 1 N–H and O–H groups in total. The summed E-state index contributed by atoms with van der Waals surface area (Å²) < 4.78 is 33.1. The molecule has 0 spiro atoms.